The minimum atomic E-state index is 0.620. The highest BCUT2D eigenvalue weighted by Crippen LogP contribution is 2.31. The van der Waals surface area contributed by atoms with Gasteiger partial charge in [0.1, 0.15) is 12.4 Å². The predicted molar refractivity (Wildman–Crippen MR) is 122 cm³/mol. The van der Waals surface area contributed by atoms with Crippen molar-refractivity contribution >= 4 is 11.8 Å². The lowest BCUT2D eigenvalue weighted by molar-refractivity contribution is 0.263. The van der Waals surface area contributed by atoms with Crippen LogP contribution in [0.2, 0.25) is 0 Å². The van der Waals surface area contributed by atoms with E-state index in [0.29, 0.717) is 12.5 Å². The van der Waals surface area contributed by atoms with Crippen LogP contribution in [0.3, 0.4) is 0 Å². The zero-order valence-corrected chi connectivity index (χ0v) is 17.9. The Bertz CT molecular complexity index is 935. The summed E-state index contributed by atoms with van der Waals surface area (Å²) in [6, 6.07) is 10.4. The first kappa shape index (κ1) is 20.1. The lowest BCUT2D eigenvalue weighted by Crippen LogP contribution is -2.18. The number of ether oxygens (including phenoxy) is 1. The molecule has 2 aromatic rings. The van der Waals surface area contributed by atoms with Gasteiger partial charge in [-0.2, -0.15) is 0 Å². The molecule has 2 heteroatoms. The summed E-state index contributed by atoms with van der Waals surface area (Å²) in [6.07, 6.45) is 20.0. The maximum atomic E-state index is 6.23. The van der Waals surface area contributed by atoms with Crippen LogP contribution in [0.25, 0.3) is 11.8 Å². The Morgan fingerprint density at radius 3 is 2.72 bits per heavy atom. The van der Waals surface area contributed by atoms with E-state index in [-0.39, 0.29) is 0 Å². The predicted octanol–water partition coefficient (Wildman–Crippen LogP) is 5.86. The second-order valence-corrected chi connectivity index (χ2v) is 8.59. The van der Waals surface area contributed by atoms with Crippen molar-refractivity contribution in [1.29, 1.82) is 0 Å². The third-order valence-electron chi connectivity index (χ3n) is 6.43. The molecule has 2 aliphatic carbocycles. The van der Waals surface area contributed by atoms with Crippen LogP contribution in [0.5, 0.6) is 0 Å². The second-order valence-electron chi connectivity index (χ2n) is 8.59. The number of nitrogens with one attached hydrogen (secondary N) is 1. The van der Waals surface area contributed by atoms with Gasteiger partial charge in [-0.25, -0.2) is 0 Å². The number of fused-ring (bicyclic) bond motifs is 3. The molecule has 1 aromatic carbocycles. The van der Waals surface area contributed by atoms with E-state index in [1.54, 1.807) is 5.56 Å². The van der Waals surface area contributed by atoms with Crippen molar-refractivity contribution in [3.63, 3.8) is 0 Å². The van der Waals surface area contributed by atoms with Gasteiger partial charge in [-0.05, 0) is 54.4 Å². The highest BCUT2D eigenvalue weighted by atomic mass is 16.5. The molecule has 0 spiro atoms. The summed E-state index contributed by atoms with van der Waals surface area (Å²) in [5.41, 5.74) is 4.28. The highest BCUT2D eigenvalue weighted by Gasteiger charge is 2.23. The van der Waals surface area contributed by atoms with Crippen molar-refractivity contribution in [2.45, 2.75) is 83.7 Å². The van der Waals surface area contributed by atoms with Gasteiger partial charge >= 0.3 is 0 Å². The molecule has 0 amide bonds. The van der Waals surface area contributed by atoms with Crippen molar-refractivity contribution in [3.8, 4) is 0 Å². The molecule has 0 fully saturated rings. The molecule has 1 atom stereocenters. The maximum Gasteiger partial charge on any atom is 0.143 e. The van der Waals surface area contributed by atoms with Crippen molar-refractivity contribution in [3.05, 3.63) is 69.9 Å². The molecule has 0 radical (unpaired) electrons. The number of allylic oxidation sites excluding steroid dienone is 1. The standard InChI is InChI=1S/C27H35NO/c1-2-3-4-5-6-10-15-22-16-11-18-24-26(22)23-17-12-19-25(27(23)28-24)29-20-21-13-8-7-9-14-21/h7-9,12-14,18-19,22,28H,2-6,10-11,15-17,20H2,1H3. The number of rotatable bonds is 10. The van der Waals surface area contributed by atoms with Gasteiger partial charge in [0.2, 0.25) is 0 Å². The van der Waals surface area contributed by atoms with E-state index in [1.807, 2.05) is 6.07 Å². The summed E-state index contributed by atoms with van der Waals surface area (Å²) < 4.78 is 6.23. The molecule has 0 saturated carbocycles. The molecule has 0 aliphatic heterocycles. The molecule has 154 valence electrons. The van der Waals surface area contributed by atoms with Gasteiger partial charge in [-0.1, -0.05) is 87.9 Å². The number of hydrogen-bond donors (Lipinski definition) is 1. The Balaban J connectivity index is 1.49. The number of aromatic amines is 1. The smallest absolute Gasteiger partial charge is 0.143 e. The quantitative estimate of drug-likeness (QED) is 0.506. The molecular formula is C27H35NO. The van der Waals surface area contributed by atoms with Crippen LogP contribution in [0.4, 0.5) is 0 Å². The van der Waals surface area contributed by atoms with E-state index in [2.05, 4.69) is 54.4 Å². The lowest BCUT2D eigenvalue weighted by atomic mass is 9.83. The summed E-state index contributed by atoms with van der Waals surface area (Å²) in [5, 5.41) is 2.58. The highest BCUT2D eigenvalue weighted by molar-refractivity contribution is 5.56. The first-order chi connectivity index (χ1) is 14.4. The Labute approximate surface area is 175 Å². The molecule has 1 heterocycles. The normalized spacial score (nSPS) is 17.6. The van der Waals surface area contributed by atoms with Crippen molar-refractivity contribution < 1.29 is 4.74 Å². The molecule has 1 unspecified atom stereocenters. The van der Waals surface area contributed by atoms with Gasteiger partial charge in [-0.3, -0.25) is 0 Å². The van der Waals surface area contributed by atoms with Crippen LogP contribution >= 0.6 is 0 Å². The van der Waals surface area contributed by atoms with Crippen molar-refractivity contribution in [1.82, 2.24) is 4.98 Å². The van der Waals surface area contributed by atoms with Crippen LogP contribution in [0.1, 0.15) is 87.3 Å². The summed E-state index contributed by atoms with van der Waals surface area (Å²) in [5.74, 6) is 1.71. The zero-order chi connectivity index (χ0) is 19.9. The van der Waals surface area contributed by atoms with Crippen LogP contribution in [-0.2, 0) is 17.8 Å². The van der Waals surface area contributed by atoms with Gasteiger partial charge in [0, 0.05) is 5.35 Å². The Kier molecular flexibility index (Phi) is 6.92. The van der Waals surface area contributed by atoms with Gasteiger partial charge in [0.05, 0.1) is 5.35 Å². The molecular weight excluding hydrogens is 354 g/mol. The Morgan fingerprint density at radius 1 is 1.03 bits per heavy atom. The lowest BCUT2D eigenvalue weighted by Gasteiger charge is -2.21. The fourth-order valence-electron chi connectivity index (χ4n) is 4.88. The molecule has 0 saturated heterocycles. The fraction of sp³-hybridized carbons (Fsp3) is 0.481. The zero-order valence-electron chi connectivity index (χ0n) is 17.9. The van der Waals surface area contributed by atoms with Gasteiger partial charge in [-0.15, -0.1) is 0 Å². The van der Waals surface area contributed by atoms with E-state index in [9.17, 15) is 0 Å². The second kappa shape index (κ2) is 10.0. The third kappa shape index (κ3) is 4.86. The van der Waals surface area contributed by atoms with Crippen molar-refractivity contribution in [2.75, 3.05) is 0 Å². The summed E-state index contributed by atoms with van der Waals surface area (Å²) >= 11 is 0. The Hall–Kier alpha value is -2.22. The first-order valence-electron chi connectivity index (χ1n) is 11.7. The molecule has 1 N–H and O–H groups in total. The SMILES string of the molecule is CCCCCCCCC1CCC=c2[nH]c3c(c21)CC=CC=3OCc1ccccc1. The van der Waals surface area contributed by atoms with Gasteiger partial charge < -0.3 is 9.72 Å². The molecule has 4 rings (SSSR count). The third-order valence-corrected chi connectivity index (χ3v) is 6.43. The van der Waals surface area contributed by atoms with Crippen LogP contribution in [0.15, 0.2) is 42.5 Å². The summed E-state index contributed by atoms with van der Waals surface area (Å²) in [6.45, 7) is 2.91. The van der Waals surface area contributed by atoms with E-state index in [4.69, 9.17) is 4.74 Å². The molecule has 2 nitrogen and oxygen atoms in total. The van der Waals surface area contributed by atoms with E-state index >= 15 is 0 Å². The molecule has 1 aromatic heterocycles. The van der Waals surface area contributed by atoms with E-state index < -0.39 is 0 Å². The number of unbranched alkanes of at least 4 members (excludes halogenated alkanes) is 5. The average Bonchev–Trinajstić information content (AvgIpc) is 3.15. The first-order valence-corrected chi connectivity index (χ1v) is 11.7. The van der Waals surface area contributed by atoms with Crippen LogP contribution in [-0.4, -0.2) is 4.98 Å². The largest absolute Gasteiger partial charge is 0.487 e. The maximum absolute atomic E-state index is 6.23. The number of hydrogen-bond acceptors (Lipinski definition) is 1. The van der Waals surface area contributed by atoms with Gasteiger partial charge in [0.15, 0.2) is 0 Å². The van der Waals surface area contributed by atoms with Crippen LogP contribution < -0.4 is 10.7 Å². The minimum absolute atomic E-state index is 0.620. The monoisotopic (exact) mass is 389 g/mol. The van der Waals surface area contributed by atoms with Crippen molar-refractivity contribution in [2.24, 2.45) is 0 Å². The summed E-state index contributed by atoms with van der Waals surface area (Å²) in [4.78, 5) is 3.72. The molecule has 2 aliphatic rings. The van der Waals surface area contributed by atoms with E-state index in [1.165, 1.54) is 79.6 Å². The summed E-state index contributed by atoms with van der Waals surface area (Å²) in [7, 11) is 0. The molecule has 29 heavy (non-hydrogen) atoms. The minimum Gasteiger partial charge on any atom is -0.487 e. The van der Waals surface area contributed by atoms with Crippen LogP contribution in [0, 0.1) is 0 Å². The number of H-pyrrole nitrogens is 1. The Morgan fingerprint density at radius 2 is 1.86 bits per heavy atom. The van der Waals surface area contributed by atoms with E-state index in [0.717, 1.165) is 12.2 Å². The van der Waals surface area contributed by atoms with Gasteiger partial charge in [0.25, 0.3) is 0 Å². The topological polar surface area (TPSA) is 25.0 Å². The number of benzene rings is 1. The fourth-order valence-corrected chi connectivity index (χ4v) is 4.88. The molecule has 0 bridgehead atoms. The number of aromatic nitrogens is 1. The average molecular weight is 390 g/mol.